The molecule has 0 radical (unpaired) electrons. The van der Waals surface area contributed by atoms with E-state index < -0.39 is 8.56 Å². The molecule has 3 nitrogen and oxygen atoms in total. The number of phenols is 1. The molecule has 0 aliphatic carbocycles. The van der Waals surface area contributed by atoms with E-state index in [1.165, 1.54) is 25.7 Å². The molecule has 0 fully saturated rings. The van der Waals surface area contributed by atoms with Crippen molar-refractivity contribution in [1.29, 1.82) is 0 Å². The number of unbranched alkanes of at least 4 members (excludes halogenated alkanes) is 4. The van der Waals surface area contributed by atoms with Crippen LogP contribution < -0.4 is 5.19 Å². The van der Waals surface area contributed by atoms with E-state index in [2.05, 4.69) is 20.8 Å². The van der Waals surface area contributed by atoms with Gasteiger partial charge < -0.3 is 14.0 Å². The van der Waals surface area contributed by atoms with Crippen LogP contribution in [-0.4, -0.2) is 26.9 Å². The SMILES string of the molecule is CCCCCO[Si](CC)(OCCCCC)c1ccccc1O. The highest BCUT2D eigenvalue weighted by Gasteiger charge is 2.40. The number of aromatic hydroxyl groups is 1. The summed E-state index contributed by atoms with van der Waals surface area (Å²) in [4.78, 5) is 0. The number of para-hydroxylation sites is 1. The molecule has 0 amide bonds. The molecule has 0 bridgehead atoms. The average Bonchev–Trinajstić information content (AvgIpc) is 2.54. The Morgan fingerprint density at radius 1 is 0.864 bits per heavy atom. The van der Waals surface area contributed by atoms with Gasteiger partial charge in [-0.15, -0.1) is 0 Å². The van der Waals surface area contributed by atoms with E-state index in [0.29, 0.717) is 5.75 Å². The number of benzene rings is 1. The maximum atomic E-state index is 10.3. The van der Waals surface area contributed by atoms with Gasteiger partial charge in [0.15, 0.2) is 0 Å². The number of phenolic OH excluding ortho intramolecular Hbond substituents is 1. The Bertz CT molecular complexity index is 397. The lowest BCUT2D eigenvalue weighted by atomic mass is 10.3. The maximum absolute atomic E-state index is 10.3. The Morgan fingerprint density at radius 2 is 1.41 bits per heavy atom. The van der Waals surface area contributed by atoms with E-state index >= 15 is 0 Å². The summed E-state index contributed by atoms with van der Waals surface area (Å²) >= 11 is 0. The van der Waals surface area contributed by atoms with Crippen LogP contribution in [0, 0.1) is 0 Å². The van der Waals surface area contributed by atoms with Crippen molar-refractivity contribution in [2.45, 2.75) is 65.3 Å². The van der Waals surface area contributed by atoms with Crippen LogP contribution in [0.2, 0.25) is 6.04 Å². The number of hydrogen-bond acceptors (Lipinski definition) is 3. The summed E-state index contributed by atoms with van der Waals surface area (Å²) in [6.07, 6.45) is 6.81. The van der Waals surface area contributed by atoms with Gasteiger partial charge in [-0.3, -0.25) is 0 Å². The molecular weight excluding hydrogens is 292 g/mol. The molecule has 0 spiro atoms. The molecule has 0 saturated carbocycles. The Balaban J connectivity index is 2.83. The van der Waals surface area contributed by atoms with Gasteiger partial charge in [0, 0.05) is 18.4 Å². The molecule has 4 heteroatoms. The zero-order chi connectivity index (χ0) is 16.3. The summed E-state index contributed by atoms with van der Waals surface area (Å²) in [5, 5.41) is 11.1. The minimum absolute atomic E-state index is 0.307. The van der Waals surface area contributed by atoms with Crippen molar-refractivity contribution in [3.05, 3.63) is 24.3 Å². The minimum atomic E-state index is -2.54. The molecule has 0 aromatic heterocycles. The zero-order valence-corrected chi connectivity index (χ0v) is 15.4. The first-order valence-electron chi connectivity index (χ1n) is 8.76. The summed E-state index contributed by atoms with van der Waals surface area (Å²) in [5.41, 5.74) is 0. The predicted molar refractivity (Wildman–Crippen MR) is 94.9 cm³/mol. The largest absolute Gasteiger partial charge is 0.508 e. The van der Waals surface area contributed by atoms with Gasteiger partial charge in [-0.05, 0) is 25.0 Å². The lowest BCUT2D eigenvalue weighted by Gasteiger charge is -2.30. The van der Waals surface area contributed by atoms with Crippen LogP contribution in [-0.2, 0) is 8.85 Å². The molecule has 1 aromatic rings. The molecule has 0 aliphatic rings. The quantitative estimate of drug-likeness (QED) is 0.455. The second-order valence-corrected chi connectivity index (χ2v) is 9.06. The van der Waals surface area contributed by atoms with Crippen molar-refractivity contribution in [3.8, 4) is 5.75 Å². The van der Waals surface area contributed by atoms with Crippen molar-refractivity contribution in [3.63, 3.8) is 0 Å². The summed E-state index contributed by atoms with van der Waals surface area (Å²) in [6.45, 7) is 7.92. The Morgan fingerprint density at radius 3 is 1.86 bits per heavy atom. The van der Waals surface area contributed by atoms with Crippen LogP contribution in [0.15, 0.2) is 24.3 Å². The lowest BCUT2D eigenvalue weighted by Crippen LogP contribution is -2.53. The first kappa shape index (κ1) is 19.2. The summed E-state index contributed by atoms with van der Waals surface area (Å²) in [6, 6.07) is 8.32. The third-order valence-electron chi connectivity index (χ3n) is 3.95. The van der Waals surface area contributed by atoms with E-state index in [1.807, 2.05) is 18.2 Å². The molecule has 0 heterocycles. The van der Waals surface area contributed by atoms with E-state index in [4.69, 9.17) is 8.85 Å². The van der Waals surface area contributed by atoms with Crippen LogP contribution in [0.25, 0.3) is 0 Å². The maximum Gasteiger partial charge on any atom is 0.376 e. The average molecular weight is 325 g/mol. The Kier molecular flexibility index (Phi) is 9.44. The third-order valence-corrected chi connectivity index (χ3v) is 7.46. The monoisotopic (exact) mass is 324 g/mol. The van der Waals surface area contributed by atoms with Crippen LogP contribution in [0.4, 0.5) is 0 Å². The molecule has 0 atom stereocenters. The van der Waals surface area contributed by atoms with Crippen LogP contribution in [0.1, 0.15) is 59.3 Å². The fraction of sp³-hybridized carbons (Fsp3) is 0.667. The normalized spacial score (nSPS) is 11.8. The number of hydrogen-bond donors (Lipinski definition) is 1. The van der Waals surface area contributed by atoms with Crippen LogP contribution in [0.5, 0.6) is 5.75 Å². The van der Waals surface area contributed by atoms with Gasteiger partial charge in [-0.25, -0.2) is 0 Å². The second-order valence-electron chi connectivity index (χ2n) is 5.73. The first-order valence-corrected chi connectivity index (χ1v) is 10.8. The smallest absolute Gasteiger partial charge is 0.376 e. The van der Waals surface area contributed by atoms with Crippen LogP contribution in [0.3, 0.4) is 0 Å². The van der Waals surface area contributed by atoms with Gasteiger partial charge in [-0.1, -0.05) is 64.7 Å². The highest BCUT2D eigenvalue weighted by molar-refractivity contribution is 6.81. The molecule has 0 aliphatic heterocycles. The molecule has 1 aromatic carbocycles. The van der Waals surface area contributed by atoms with E-state index in [-0.39, 0.29) is 0 Å². The first-order chi connectivity index (χ1) is 10.7. The van der Waals surface area contributed by atoms with Crippen molar-refractivity contribution < 1.29 is 14.0 Å². The van der Waals surface area contributed by atoms with E-state index in [1.54, 1.807) is 6.07 Å². The fourth-order valence-corrected chi connectivity index (χ4v) is 5.52. The van der Waals surface area contributed by atoms with Crippen molar-refractivity contribution in [2.75, 3.05) is 13.2 Å². The van der Waals surface area contributed by atoms with Gasteiger partial charge in [0.25, 0.3) is 0 Å². The Hall–Kier alpha value is -0.843. The van der Waals surface area contributed by atoms with Crippen molar-refractivity contribution >= 4 is 13.7 Å². The highest BCUT2D eigenvalue weighted by Crippen LogP contribution is 2.20. The molecule has 0 saturated heterocycles. The standard InChI is InChI=1S/C18H32O3Si/c1-4-7-11-15-20-22(6-3,21-16-12-8-5-2)18-14-10-9-13-17(18)19/h9-10,13-14,19H,4-8,11-12,15-16H2,1-3H3. The van der Waals surface area contributed by atoms with Crippen LogP contribution >= 0.6 is 0 Å². The minimum Gasteiger partial charge on any atom is -0.508 e. The molecular formula is C18H32O3Si. The van der Waals surface area contributed by atoms with Gasteiger partial charge in [-0.2, -0.15) is 0 Å². The lowest BCUT2D eigenvalue weighted by molar-refractivity contribution is 0.174. The molecule has 22 heavy (non-hydrogen) atoms. The fourth-order valence-electron chi connectivity index (χ4n) is 2.57. The van der Waals surface area contributed by atoms with Gasteiger partial charge in [0.1, 0.15) is 5.75 Å². The van der Waals surface area contributed by atoms with Crippen molar-refractivity contribution in [1.82, 2.24) is 0 Å². The Labute approximate surface area is 136 Å². The second kappa shape index (κ2) is 10.8. The topological polar surface area (TPSA) is 38.7 Å². The molecule has 126 valence electrons. The van der Waals surface area contributed by atoms with Crippen molar-refractivity contribution in [2.24, 2.45) is 0 Å². The zero-order valence-electron chi connectivity index (χ0n) is 14.4. The molecule has 0 unspecified atom stereocenters. The number of rotatable bonds is 12. The van der Waals surface area contributed by atoms with E-state index in [9.17, 15) is 5.11 Å². The van der Waals surface area contributed by atoms with Gasteiger partial charge >= 0.3 is 8.56 Å². The summed E-state index contributed by atoms with van der Waals surface area (Å²) in [5.74, 6) is 0.307. The predicted octanol–water partition coefficient (Wildman–Crippen LogP) is 4.47. The summed E-state index contributed by atoms with van der Waals surface area (Å²) in [7, 11) is -2.54. The summed E-state index contributed by atoms with van der Waals surface area (Å²) < 4.78 is 12.6. The third kappa shape index (κ3) is 5.74. The molecule has 1 N–H and O–H groups in total. The highest BCUT2D eigenvalue weighted by atomic mass is 28.4. The van der Waals surface area contributed by atoms with E-state index in [0.717, 1.165) is 37.3 Å². The van der Waals surface area contributed by atoms with Gasteiger partial charge in [0.2, 0.25) is 0 Å². The van der Waals surface area contributed by atoms with Gasteiger partial charge in [0.05, 0.1) is 0 Å². The molecule has 1 rings (SSSR count).